The van der Waals surface area contributed by atoms with Gasteiger partial charge in [0, 0.05) is 5.02 Å². The molecular weight excluding hydrogens is 246 g/mol. The van der Waals surface area contributed by atoms with E-state index in [-0.39, 0.29) is 6.61 Å². The molecule has 0 aromatic heterocycles. The molecule has 1 amide bonds. The second-order valence-electron chi connectivity index (χ2n) is 3.26. The second kappa shape index (κ2) is 5.75. The van der Waals surface area contributed by atoms with Crippen LogP contribution >= 0.6 is 23.8 Å². The number of hydrogen-bond donors (Lipinski definition) is 0. The molecule has 0 aliphatic carbocycles. The monoisotopic (exact) mass is 255 g/mol. The summed E-state index contributed by atoms with van der Waals surface area (Å²) < 4.78 is 5.25. The molecule has 5 heteroatoms. The van der Waals surface area contributed by atoms with Crippen LogP contribution in [-0.2, 0) is 4.79 Å². The Morgan fingerprint density at radius 2 is 2.06 bits per heavy atom. The summed E-state index contributed by atoms with van der Waals surface area (Å²) in [7, 11) is 0. The summed E-state index contributed by atoms with van der Waals surface area (Å²) >= 11 is 10.3. The number of nitrogens with zero attached hydrogens (tertiary/aromatic N) is 1. The fourth-order valence-corrected chi connectivity index (χ4v) is 1.43. The summed E-state index contributed by atoms with van der Waals surface area (Å²) in [4.78, 5) is 14.3. The number of amides is 1. The molecule has 0 fully saturated rings. The lowest BCUT2D eigenvalue weighted by Gasteiger charge is -2.08. The maximum atomic E-state index is 11.0. The molecular formula is C11H10ClNO2S. The number of rotatable bonds is 3. The Bertz CT molecular complexity index is 444. The topological polar surface area (TPSA) is 38.7 Å². The number of ether oxygens (including phenoxy) is 1. The molecule has 0 N–H and O–H groups in total. The fourth-order valence-electron chi connectivity index (χ4n) is 1.22. The highest BCUT2D eigenvalue weighted by molar-refractivity contribution is 7.78. The number of carbonyl (C=O) groups excluding carboxylic acids is 1. The highest BCUT2D eigenvalue weighted by atomic mass is 35.5. The summed E-state index contributed by atoms with van der Waals surface area (Å²) in [5, 5.41) is 2.70. The number of aryl methyl sites for hydroxylation is 2. The van der Waals surface area contributed by atoms with Crippen molar-refractivity contribution in [3.63, 3.8) is 0 Å². The van der Waals surface area contributed by atoms with E-state index in [0.717, 1.165) is 11.1 Å². The van der Waals surface area contributed by atoms with E-state index in [1.807, 2.05) is 19.0 Å². The molecule has 1 aromatic carbocycles. The van der Waals surface area contributed by atoms with Gasteiger partial charge in [0.15, 0.2) is 6.61 Å². The van der Waals surface area contributed by atoms with Crippen molar-refractivity contribution in [2.75, 3.05) is 6.61 Å². The van der Waals surface area contributed by atoms with Gasteiger partial charge in [0.05, 0.1) is 5.16 Å². The molecule has 0 aliphatic rings. The minimum atomic E-state index is -0.458. The van der Waals surface area contributed by atoms with Gasteiger partial charge in [-0.3, -0.25) is 4.79 Å². The minimum absolute atomic E-state index is 0.149. The third-order valence-electron chi connectivity index (χ3n) is 1.94. The van der Waals surface area contributed by atoms with Gasteiger partial charge in [0.1, 0.15) is 5.75 Å². The largest absolute Gasteiger partial charge is 0.484 e. The van der Waals surface area contributed by atoms with Gasteiger partial charge in [-0.15, -0.1) is 0 Å². The molecule has 0 radical (unpaired) electrons. The van der Waals surface area contributed by atoms with E-state index >= 15 is 0 Å². The van der Waals surface area contributed by atoms with Gasteiger partial charge in [0.2, 0.25) is 0 Å². The van der Waals surface area contributed by atoms with Crippen LogP contribution in [0.4, 0.5) is 0 Å². The smallest absolute Gasteiger partial charge is 0.292 e. The Balaban J connectivity index is 2.75. The van der Waals surface area contributed by atoms with E-state index < -0.39 is 5.91 Å². The molecule has 0 bridgehead atoms. The fraction of sp³-hybridized carbons (Fsp3) is 0.273. The van der Waals surface area contributed by atoms with Crippen molar-refractivity contribution >= 4 is 34.9 Å². The van der Waals surface area contributed by atoms with Gasteiger partial charge in [-0.05, 0) is 49.3 Å². The molecule has 84 valence electrons. The molecule has 0 heterocycles. The molecule has 3 nitrogen and oxygen atoms in total. The van der Waals surface area contributed by atoms with Crippen LogP contribution in [0.15, 0.2) is 17.1 Å². The highest BCUT2D eigenvalue weighted by Gasteiger charge is 2.05. The first kappa shape index (κ1) is 12.8. The maximum Gasteiger partial charge on any atom is 0.292 e. The van der Waals surface area contributed by atoms with Crippen LogP contribution < -0.4 is 4.74 Å². The third-order valence-corrected chi connectivity index (χ3v) is 2.63. The van der Waals surface area contributed by atoms with Crippen molar-refractivity contribution in [1.82, 2.24) is 0 Å². The van der Waals surface area contributed by atoms with Crippen molar-refractivity contribution in [2.45, 2.75) is 13.8 Å². The molecule has 0 atom stereocenters. The Hall–Kier alpha value is -1.22. The maximum absolute atomic E-state index is 11.0. The predicted molar refractivity (Wildman–Crippen MR) is 66.5 cm³/mol. The van der Waals surface area contributed by atoms with Crippen LogP contribution in [0.5, 0.6) is 5.75 Å². The van der Waals surface area contributed by atoms with Gasteiger partial charge in [-0.1, -0.05) is 11.6 Å². The average molecular weight is 256 g/mol. The van der Waals surface area contributed by atoms with Crippen LogP contribution in [0, 0.1) is 13.8 Å². The zero-order valence-corrected chi connectivity index (χ0v) is 10.5. The second-order valence-corrected chi connectivity index (χ2v) is 3.82. The minimum Gasteiger partial charge on any atom is -0.484 e. The number of isothiocyanates is 1. The highest BCUT2D eigenvalue weighted by Crippen LogP contribution is 2.25. The van der Waals surface area contributed by atoms with Crippen molar-refractivity contribution in [2.24, 2.45) is 4.99 Å². The molecule has 0 saturated heterocycles. The lowest BCUT2D eigenvalue weighted by Crippen LogP contribution is -2.08. The molecule has 0 unspecified atom stereocenters. The normalized spacial score (nSPS) is 9.44. The van der Waals surface area contributed by atoms with Gasteiger partial charge >= 0.3 is 0 Å². The summed E-state index contributed by atoms with van der Waals surface area (Å²) in [6.45, 7) is 3.60. The van der Waals surface area contributed by atoms with E-state index in [2.05, 4.69) is 17.2 Å². The SMILES string of the molecule is Cc1cc(OCC(=O)N=C=S)cc(C)c1Cl. The quantitative estimate of drug-likeness (QED) is 0.616. The van der Waals surface area contributed by atoms with Gasteiger partial charge < -0.3 is 4.74 Å². The summed E-state index contributed by atoms with van der Waals surface area (Å²) in [6, 6.07) is 3.54. The van der Waals surface area contributed by atoms with Gasteiger partial charge in [0.25, 0.3) is 5.91 Å². The summed E-state index contributed by atoms with van der Waals surface area (Å²) in [5.41, 5.74) is 1.81. The van der Waals surface area contributed by atoms with Crippen molar-refractivity contribution < 1.29 is 9.53 Å². The average Bonchev–Trinajstić information content (AvgIpc) is 2.23. The van der Waals surface area contributed by atoms with E-state index in [9.17, 15) is 4.79 Å². The number of halogens is 1. The Morgan fingerprint density at radius 3 is 2.56 bits per heavy atom. The van der Waals surface area contributed by atoms with Crippen LogP contribution in [0.25, 0.3) is 0 Å². The first-order valence-electron chi connectivity index (χ1n) is 4.55. The molecule has 0 spiro atoms. The van der Waals surface area contributed by atoms with Gasteiger partial charge in [-0.25, -0.2) is 0 Å². The zero-order chi connectivity index (χ0) is 12.1. The van der Waals surface area contributed by atoms with Crippen LogP contribution in [-0.4, -0.2) is 17.7 Å². The van der Waals surface area contributed by atoms with Crippen molar-refractivity contribution in [1.29, 1.82) is 0 Å². The van der Waals surface area contributed by atoms with Crippen LogP contribution in [0.1, 0.15) is 11.1 Å². The third kappa shape index (κ3) is 3.42. The van der Waals surface area contributed by atoms with Crippen LogP contribution in [0.2, 0.25) is 5.02 Å². The zero-order valence-electron chi connectivity index (χ0n) is 8.91. The molecule has 0 saturated carbocycles. The Kier molecular flexibility index (Phi) is 4.62. The van der Waals surface area contributed by atoms with E-state index in [0.29, 0.717) is 10.8 Å². The van der Waals surface area contributed by atoms with E-state index in [1.165, 1.54) is 0 Å². The Morgan fingerprint density at radius 1 is 1.50 bits per heavy atom. The van der Waals surface area contributed by atoms with Crippen molar-refractivity contribution in [3.05, 3.63) is 28.3 Å². The number of hydrogen-bond acceptors (Lipinski definition) is 3. The summed E-state index contributed by atoms with van der Waals surface area (Å²) in [5.74, 6) is 0.132. The van der Waals surface area contributed by atoms with Crippen LogP contribution in [0.3, 0.4) is 0 Å². The summed E-state index contributed by atoms with van der Waals surface area (Å²) in [6.07, 6.45) is 0. The van der Waals surface area contributed by atoms with Gasteiger partial charge in [-0.2, -0.15) is 4.99 Å². The number of thiocarbonyl (C=S) groups is 1. The number of aliphatic imine (C=N–C) groups is 1. The first-order valence-corrected chi connectivity index (χ1v) is 5.33. The van der Waals surface area contributed by atoms with E-state index in [4.69, 9.17) is 16.3 Å². The predicted octanol–water partition coefficient (Wildman–Crippen LogP) is 2.97. The number of carbonyl (C=O) groups is 1. The molecule has 1 aromatic rings. The molecule has 0 aliphatic heterocycles. The lowest BCUT2D eigenvalue weighted by atomic mass is 10.1. The van der Waals surface area contributed by atoms with Crippen molar-refractivity contribution in [3.8, 4) is 5.75 Å². The first-order chi connectivity index (χ1) is 7.54. The molecule has 16 heavy (non-hydrogen) atoms. The van der Waals surface area contributed by atoms with E-state index in [1.54, 1.807) is 12.1 Å². The standard InChI is InChI=1S/C11H10ClNO2S/c1-7-3-9(4-8(2)11(7)12)15-5-10(14)13-6-16/h3-4H,5H2,1-2H3. The Labute approximate surface area is 104 Å². The molecule has 1 rings (SSSR count). The lowest BCUT2D eigenvalue weighted by molar-refractivity contribution is -0.119. The number of benzene rings is 1.